The summed E-state index contributed by atoms with van der Waals surface area (Å²) in [6, 6.07) is 7.70. The molecule has 4 heteroatoms. The van der Waals surface area contributed by atoms with Crippen LogP contribution in [0.3, 0.4) is 0 Å². The zero-order valence-electron chi connectivity index (χ0n) is 13.4. The molecule has 0 aliphatic heterocycles. The molecule has 0 heterocycles. The first-order valence-corrected chi connectivity index (χ1v) is 7.88. The predicted molar refractivity (Wildman–Crippen MR) is 86.3 cm³/mol. The lowest BCUT2D eigenvalue weighted by atomic mass is 10.1. The molecule has 1 aromatic carbocycles. The summed E-state index contributed by atoms with van der Waals surface area (Å²) in [4.78, 5) is 11.9. The Bertz CT molecular complexity index is 417. The maximum absolute atomic E-state index is 11.9. The average Bonchev–Trinajstić information content (AvgIpc) is 2.51. The molecule has 0 aromatic heterocycles. The Kier molecular flexibility index (Phi) is 7.83. The van der Waals surface area contributed by atoms with Crippen LogP contribution in [-0.4, -0.2) is 18.6 Å². The van der Waals surface area contributed by atoms with Crippen LogP contribution in [0, 0.1) is 0 Å². The van der Waals surface area contributed by atoms with E-state index >= 15 is 0 Å². The summed E-state index contributed by atoms with van der Waals surface area (Å²) in [6.07, 6.45) is 3.70. The number of unbranched alkanes of at least 4 members (excludes halogenated alkanes) is 2. The molecular weight excluding hydrogens is 264 g/mol. The van der Waals surface area contributed by atoms with Gasteiger partial charge in [0.05, 0.1) is 0 Å². The van der Waals surface area contributed by atoms with Gasteiger partial charge in [-0.1, -0.05) is 38.8 Å². The minimum Gasteiger partial charge on any atom is -0.481 e. The summed E-state index contributed by atoms with van der Waals surface area (Å²) >= 11 is 0. The molecular formula is C17H28N2O2. The van der Waals surface area contributed by atoms with Gasteiger partial charge in [0.1, 0.15) is 5.75 Å². The average molecular weight is 292 g/mol. The second-order valence-electron chi connectivity index (χ2n) is 5.34. The van der Waals surface area contributed by atoms with Crippen LogP contribution in [0.5, 0.6) is 5.75 Å². The van der Waals surface area contributed by atoms with Crippen molar-refractivity contribution in [1.82, 2.24) is 5.32 Å². The van der Waals surface area contributed by atoms with Crippen molar-refractivity contribution in [1.29, 1.82) is 0 Å². The molecule has 1 amide bonds. The van der Waals surface area contributed by atoms with Gasteiger partial charge in [0.15, 0.2) is 6.10 Å². The van der Waals surface area contributed by atoms with Crippen molar-refractivity contribution in [2.75, 3.05) is 6.54 Å². The van der Waals surface area contributed by atoms with E-state index in [9.17, 15) is 4.79 Å². The highest BCUT2D eigenvalue weighted by molar-refractivity contribution is 5.80. The lowest BCUT2D eigenvalue weighted by molar-refractivity contribution is -0.127. The van der Waals surface area contributed by atoms with Crippen LogP contribution < -0.4 is 15.8 Å². The van der Waals surface area contributed by atoms with Crippen molar-refractivity contribution in [3.05, 3.63) is 29.8 Å². The van der Waals surface area contributed by atoms with Crippen molar-refractivity contribution in [3.8, 4) is 5.75 Å². The summed E-state index contributed by atoms with van der Waals surface area (Å²) in [6.45, 7) is 6.67. The highest BCUT2D eigenvalue weighted by atomic mass is 16.5. The Morgan fingerprint density at radius 3 is 2.48 bits per heavy atom. The van der Waals surface area contributed by atoms with Gasteiger partial charge in [-0.25, -0.2) is 0 Å². The van der Waals surface area contributed by atoms with Crippen LogP contribution in [-0.2, 0) is 4.79 Å². The van der Waals surface area contributed by atoms with E-state index < -0.39 is 6.10 Å². The fourth-order valence-electron chi connectivity index (χ4n) is 2.02. The number of nitrogens with two attached hydrogens (primary N) is 1. The maximum Gasteiger partial charge on any atom is 0.260 e. The normalized spacial score (nSPS) is 13.5. The van der Waals surface area contributed by atoms with Gasteiger partial charge >= 0.3 is 0 Å². The minimum absolute atomic E-state index is 0.0540. The van der Waals surface area contributed by atoms with Gasteiger partial charge in [0.2, 0.25) is 0 Å². The molecule has 1 rings (SSSR count). The lowest BCUT2D eigenvalue weighted by Gasteiger charge is -2.16. The maximum atomic E-state index is 11.9. The zero-order valence-corrected chi connectivity index (χ0v) is 13.4. The van der Waals surface area contributed by atoms with Gasteiger partial charge in [0, 0.05) is 12.6 Å². The zero-order chi connectivity index (χ0) is 15.7. The number of amides is 1. The molecule has 1 aromatic rings. The topological polar surface area (TPSA) is 64.3 Å². The van der Waals surface area contributed by atoms with Crippen LogP contribution in [0.1, 0.15) is 58.1 Å². The van der Waals surface area contributed by atoms with E-state index in [4.69, 9.17) is 10.5 Å². The number of carbonyl (C=O) groups is 1. The summed E-state index contributed by atoms with van der Waals surface area (Å²) in [7, 11) is 0. The monoisotopic (exact) mass is 292 g/mol. The van der Waals surface area contributed by atoms with Gasteiger partial charge < -0.3 is 15.8 Å². The van der Waals surface area contributed by atoms with E-state index in [1.807, 2.05) is 24.3 Å². The Labute approximate surface area is 128 Å². The van der Waals surface area contributed by atoms with Crippen molar-refractivity contribution in [2.24, 2.45) is 5.73 Å². The van der Waals surface area contributed by atoms with E-state index in [0.717, 1.165) is 31.2 Å². The van der Waals surface area contributed by atoms with Crippen LogP contribution >= 0.6 is 0 Å². The van der Waals surface area contributed by atoms with Crippen molar-refractivity contribution in [3.63, 3.8) is 0 Å². The molecule has 0 saturated heterocycles. The van der Waals surface area contributed by atoms with Crippen LogP contribution in [0.4, 0.5) is 0 Å². The molecule has 0 aliphatic rings. The standard InChI is InChI=1S/C17H28N2O2/c1-4-6-7-12-19-17(20)13(3)21-15-10-8-14(9-11-15)16(18)5-2/h8-11,13,16H,4-7,12,18H2,1-3H3,(H,19,20)/t13?,16-/m0/s1. The molecule has 21 heavy (non-hydrogen) atoms. The second-order valence-corrected chi connectivity index (χ2v) is 5.34. The SMILES string of the molecule is CCCCCNC(=O)C(C)Oc1ccc([C@@H](N)CC)cc1. The first kappa shape index (κ1) is 17.5. The Morgan fingerprint density at radius 1 is 1.24 bits per heavy atom. The molecule has 0 spiro atoms. The van der Waals surface area contributed by atoms with E-state index in [-0.39, 0.29) is 11.9 Å². The molecule has 4 nitrogen and oxygen atoms in total. The van der Waals surface area contributed by atoms with Gasteiger partial charge in [-0.15, -0.1) is 0 Å². The van der Waals surface area contributed by atoms with Gasteiger partial charge in [-0.3, -0.25) is 4.79 Å². The van der Waals surface area contributed by atoms with E-state index in [1.165, 1.54) is 0 Å². The fourth-order valence-corrected chi connectivity index (χ4v) is 2.02. The molecule has 2 atom stereocenters. The molecule has 0 radical (unpaired) electrons. The summed E-state index contributed by atoms with van der Waals surface area (Å²) in [5, 5.41) is 2.89. The van der Waals surface area contributed by atoms with E-state index in [1.54, 1.807) is 6.92 Å². The third-order valence-electron chi connectivity index (χ3n) is 3.51. The van der Waals surface area contributed by atoms with Gasteiger partial charge in [-0.2, -0.15) is 0 Å². The van der Waals surface area contributed by atoms with Crippen LogP contribution in [0.2, 0.25) is 0 Å². The third-order valence-corrected chi connectivity index (χ3v) is 3.51. The molecule has 0 aliphatic carbocycles. The van der Waals surface area contributed by atoms with Gasteiger partial charge in [0.25, 0.3) is 5.91 Å². The largest absolute Gasteiger partial charge is 0.481 e. The number of benzene rings is 1. The Hall–Kier alpha value is -1.55. The van der Waals surface area contributed by atoms with Crippen molar-refractivity contribution in [2.45, 2.75) is 58.6 Å². The van der Waals surface area contributed by atoms with Gasteiger partial charge in [-0.05, 0) is 37.5 Å². The Morgan fingerprint density at radius 2 is 1.90 bits per heavy atom. The predicted octanol–water partition coefficient (Wildman–Crippen LogP) is 3.17. The number of rotatable bonds is 9. The highest BCUT2D eigenvalue weighted by Gasteiger charge is 2.14. The molecule has 0 saturated carbocycles. The first-order valence-electron chi connectivity index (χ1n) is 7.88. The number of hydrogen-bond donors (Lipinski definition) is 2. The van der Waals surface area contributed by atoms with Crippen molar-refractivity contribution >= 4 is 5.91 Å². The molecule has 1 unspecified atom stereocenters. The van der Waals surface area contributed by atoms with Crippen LogP contribution in [0.25, 0.3) is 0 Å². The smallest absolute Gasteiger partial charge is 0.260 e. The molecule has 0 bridgehead atoms. The molecule has 3 N–H and O–H groups in total. The number of carbonyl (C=O) groups excluding carboxylic acids is 1. The second kappa shape index (κ2) is 9.40. The lowest BCUT2D eigenvalue weighted by Crippen LogP contribution is -2.36. The minimum atomic E-state index is -0.489. The van der Waals surface area contributed by atoms with Crippen molar-refractivity contribution < 1.29 is 9.53 Å². The quantitative estimate of drug-likeness (QED) is 0.687. The summed E-state index contributed by atoms with van der Waals surface area (Å²) in [5.41, 5.74) is 7.05. The number of hydrogen-bond acceptors (Lipinski definition) is 3. The summed E-state index contributed by atoms with van der Waals surface area (Å²) < 4.78 is 5.65. The number of nitrogens with one attached hydrogen (secondary N) is 1. The molecule has 118 valence electrons. The Balaban J connectivity index is 2.43. The first-order chi connectivity index (χ1) is 10.1. The summed E-state index contributed by atoms with van der Waals surface area (Å²) in [5.74, 6) is 0.624. The number of ether oxygens (including phenoxy) is 1. The van der Waals surface area contributed by atoms with Crippen LogP contribution in [0.15, 0.2) is 24.3 Å². The fraction of sp³-hybridized carbons (Fsp3) is 0.588. The highest BCUT2D eigenvalue weighted by Crippen LogP contribution is 2.19. The third kappa shape index (κ3) is 6.17. The van der Waals surface area contributed by atoms with E-state index in [2.05, 4.69) is 19.2 Å². The van der Waals surface area contributed by atoms with E-state index in [0.29, 0.717) is 12.3 Å². The molecule has 0 fully saturated rings.